The van der Waals surface area contributed by atoms with Crippen LogP contribution in [-0.4, -0.2) is 65.8 Å². The summed E-state index contributed by atoms with van der Waals surface area (Å²) < 4.78 is 53.1. The lowest BCUT2D eigenvalue weighted by atomic mass is 9.68. The number of hydrogen-bond donors (Lipinski definition) is 1. The number of para-hydroxylation sites is 1. The quantitative estimate of drug-likeness (QED) is 0.402. The Bertz CT molecular complexity index is 1800. The molecule has 4 heterocycles. The number of alkyl halides is 3. The van der Waals surface area contributed by atoms with E-state index in [9.17, 15) is 32.3 Å². The summed E-state index contributed by atoms with van der Waals surface area (Å²) >= 11 is 2.61. The lowest BCUT2D eigenvalue weighted by Crippen LogP contribution is -2.43. The number of halogens is 3. The van der Waals surface area contributed by atoms with E-state index in [4.69, 9.17) is 9.47 Å². The van der Waals surface area contributed by atoms with Crippen molar-refractivity contribution in [2.45, 2.75) is 28.8 Å². The highest BCUT2D eigenvalue weighted by Crippen LogP contribution is 2.69. The lowest BCUT2D eigenvalue weighted by Gasteiger charge is -2.43. The highest BCUT2D eigenvalue weighted by molar-refractivity contribution is 8.00. The molecule has 3 amide bonds. The first kappa shape index (κ1) is 29.8. The molecule has 240 valence electrons. The van der Waals surface area contributed by atoms with Gasteiger partial charge in [-0.1, -0.05) is 35.6 Å². The standard InChI is InChI=1S/C32H28F3N3O6S2/c33-32(34,35)19-6-1-2-7-20(19)38-29(40)24-17-13-18(25(24)30(38)41)26-23(17)22(27-28(45-26)36-31(42)46-27)15-4-3-5-16(12-15)44-14-21(39)37-8-10-43-11-9-37/h1-7,12,17-18,22-26H,8-11,13-14H2,(H,36,42)/t17-,18-,22+,23-,24+,25+,26-/m1/s1. The summed E-state index contributed by atoms with van der Waals surface area (Å²) in [5, 5.41) is 0.589. The minimum absolute atomic E-state index is 0.129. The number of aromatic amines is 1. The fraction of sp³-hybridized carbons (Fsp3) is 0.438. The molecule has 46 heavy (non-hydrogen) atoms. The summed E-state index contributed by atoms with van der Waals surface area (Å²) in [5.74, 6) is -3.26. The minimum Gasteiger partial charge on any atom is -0.484 e. The summed E-state index contributed by atoms with van der Waals surface area (Å²) in [4.78, 5) is 59.2. The number of carbonyl (C=O) groups excluding carboxylic acids is 3. The van der Waals surface area contributed by atoms with Crippen LogP contribution in [0.5, 0.6) is 5.75 Å². The largest absolute Gasteiger partial charge is 0.484 e. The number of imide groups is 1. The first-order valence-corrected chi connectivity index (χ1v) is 16.8. The molecule has 0 radical (unpaired) electrons. The Balaban J connectivity index is 1.12. The maximum absolute atomic E-state index is 14.0. The average molecular weight is 672 g/mol. The number of carbonyl (C=O) groups is 3. The second-order valence-corrected chi connectivity index (χ2v) is 14.5. The summed E-state index contributed by atoms with van der Waals surface area (Å²) in [5.41, 5.74) is -0.591. The van der Waals surface area contributed by atoms with Gasteiger partial charge in [0.2, 0.25) is 11.8 Å². The highest BCUT2D eigenvalue weighted by atomic mass is 32.2. The third kappa shape index (κ3) is 4.62. The fourth-order valence-electron chi connectivity index (χ4n) is 8.38. The maximum Gasteiger partial charge on any atom is 0.418 e. The summed E-state index contributed by atoms with van der Waals surface area (Å²) in [7, 11) is 0. The molecule has 4 fully saturated rings. The Kier molecular flexibility index (Phi) is 7.11. The molecule has 3 aromatic rings. The predicted octanol–water partition coefficient (Wildman–Crippen LogP) is 4.37. The second kappa shape index (κ2) is 11.0. The number of thioether (sulfide) groups is 1. The number of aromatic nitrogens is 1. The van der Waals surface area contributed by atoms with E-state index in [2.05, 4.69) is 4.98 Å². The Morgan fingerprint density at radius 2 is 1.74 bits per heavy atom. The SMILES string of the molecule is O=C(COc1cccc([C@@H]2c3sc(=O)[nH]c3S[C@@H]3[C@@H]4C[C@@H]([C@@H]5C(=O)N(c6ccccc6C(F)(F)F)C(=O)[C@@H]45)[C@H]23)c1)N1CCOCC1. The van der Waals surface area contributed by atoms with Gasteiger partial charge in [0.25, 0.3) is 5.91 Å². The molecule has 1 aromatic heterocycles. The number of thiazole rings is 1. The van der Waals surface area contributed by atoms with Gasteiger partial charge < -0.3 is 19.4 Å². The van der Waals surface area contributed by atoms with Crippen molar-refractivity contribution in [2.24, 2.45) is 29.6 Å². The van der Waals surface area contributed by atoms with Crippen molar-refractivity contribution in [1.29, 1.82) is 0 Å². The van der Waals surface area contributed by atoms with E-state index in [1.165, 1.54) is 30.0 Å². The third-order valence-corrected chi connectivity index (χ3v) is 12.7. The maximum atomic E-state index is 14.0. The molecular weight excluding hydrogens is 643 g/mol. The number of rotatable bonds is 5. The van der Waals surface area contributed by atoms with Crippen LogP contribution in [0.2, 0.25) is 0 Å². The van der Waals surface area contributed by atoms with Crippen LogP contribution in [0.3, 0.4) is 0 Å². The van der Waals surface area contributed by atoms with Gasteiger partial charge in [-0.05, 0) is 54.0 Å². The molecular formula is C32H28F3N3O6S2. The van der Waals surface area contributed by atoms with Crippen LogP contribution in [0.1, 0.15) is 28.3 Å². The number of morpholine rings is 1. The van der Waals surface area contributed by atoms with Gasteiger partial charge in [0, 0.05) is 29.1 Å². The zero-order valence-electron chi connectivity index (χ0n) is 24.2. The summed E-state index contributed by atoms with van der Waals surface area (Å²) in [6, 6.07) is 12.1. The van der Waals surface area contributed by atoms with Crippen molar-refractivity contribution in [1.82, 2.24) is 9.88 Å². The molecule has 2 saturated heterocycles. The van der Waals surface area contributed by atoms with Gasteiger partial charge in [-0.2, -0.15) is 13.2 Å². The Hall–Kier alpha value is -3.62. The second-order valence-electron chi connectivity index (χ2n) is 12.3. The minimum atomic E-state index is -4.73. The molecule has 2 bridgehead atoms. The van der Waals surface area contributed by atoms with Crippen LogP contribution in [0, 0.1) is 29.6 Å². The predicted molar refractivity (Wildman–Crippen MR) is 162 cm³/mol. The van der Waals surface area contributed by atoms with Gasteiger partial charge in [0.15, 0.2) is 6.61 Å². The van der Waals surface area contributed by atoms with Crippen LogP contribution in [0.4, 0.5) is 18.9 Å². The molecule has 7 atom stereocenters. The molecule has 2 aliphatic carbocycles. The number of ether oxygens (including phenoxy) is 2. The van der Waals surface area contributed by atoms with Crippen molar-refractivity contribution in [3.05, 3.63) is 74.2 Å². The van der Waals surface area contributed by atoms with Crippen LogP contribution >= 0.6 is 23.1 Å². The average Bonchev–Trinajstić information content (AvgIpc) is 3.78. The van der Waals surface area contributed by atoms with E-state index in [0.29, 0.717) is 38.5 Å². The number of fused-ring (bicyclic) bond motifs is 9. The number of hydrogen-bond acceptors (Lipinski definition) is 8. The van der Waals surface area contributed by atoms with Gasteiger partial charge in [-0.3, -0.25) is 19.2 Å². The lowest BCUT2D eigenvalue weighted by molar-refractivity contribution is -0.138. The van der Waals surface area contributed by atoms with Crippen LogP contribution in [0.15, 0.2) is 58.4 Å². The Morgan fingerprint density at radius 3 is 2.50 bits per heavy atom. The summed E-state index contributed by atoms with van der Waals surface area (Å²) in [6.07, 6.45) is -4.13. The Labute approximate surface area is 269 Å². The summed E-state index contributed by atoms with van der Waals surface area (Å²) in [6.45, 7) is 1.84. The van der Waals surface area contributed by atoms with E-state index in [1.54, 1.807) is 11.0 Å². The van der Waals surface area contributed by atoms with Crippen LogP contribution in [0.25, 0.3) is 0 Å². The molecule has 2 saturated carbocycles. The van der Waals surface area contributed by atoms with Gasteiger partial charge in [0.05, 0.1) is 41.3 Å². The van der Waals surface area contributed by atoms with Gasteiger partial charge in [-0.15, -0.1) is 11.8 Å². The van der Waals surface area contributed by atoms with E-state index < -0.39 is 41.1 Å². The number of H-pyrrole nitrogens is 1. The van der Waals surface area contributed by atoms with E-state index in [-0.39, 0.29) is 46.3 Å². The Morgan fingerprint density at radius 1 is 1.00 bits per heavy atom. The molecule has 9 nitrogen and oxygen atoms in total. The molecule has 1 N–H and O–H groups in total. The van der Waals surface area contributed by atoms with Crippen molar-refractivity contribution in [3.63, 3.8) is 0 Å². The zero-order valence-corrected chi connectivity index (χ0v) is 25.8. The van der Waals surface area contributed by atoms with Crippen LogP contribution < -0.4 is 14.5 Å². The van der Waals surface area contributed by atoms with Crippen molar-refractivity contribution in [3.8, 4) is 5.75 Å². The molecule has 8 rings (SSSR count). The zero-order chi connectivity index (χ0) is 31.9. The van der Waals surface area contributed by atoms with Crippen molar-refractivity contribution >= 4 is 46.5 Å². The highest BCUT2D eigenvalue weighted by Gasteiger charge is 2.70. The number of nitrogens with one attached hydrogen (secondary N) is 1. The molecule has 5 aliphatic rings. The fourth-order valence-corrected chi connectivity index (χ4v) is 11.3. The normalized spacial score (nSPS) is 29.9. The number of benzene rings is 2. The molecule has 0 spiro atoms. The van der Waals surface area contributed by atoms with E-state index >= 15 is 0 Å². The topological polar surface area (TPSA) is 109 Å². The van der Waals surface area contributed by atoms with Gasteiger partial charge in [0.1, 0.15) is 5.75 Å². The first-order valence-electron chi connectivity index (χ1n) is 15.1. The number of anilines is 1. The first-order chi connectivity index (χ1) is 22.1. The van der Waals surface area contributed by atoms with Crippen molar-refractivity contribution in [2.75, 3.05) is 37.8 Å². The van der Waals surface area contributed by atoms with Crippen LogP contribution in [-0.2, 0) is 25.3 Å². The van der Waals surface area contributed by atoms with E-state index in [1.807, 2.05) is 18.2 Å². The van der Waals surface area contributed by atoms with E-state index in [0.717, 1.165) is 37.8 Å². The monoisotopic (exact) mass is 671 g/mol. The van der Waals surface area contributed by atoms with Gasteiger partial charge in [-0.25, -0.2) is 4.90 Å². The van der Waals surface area contributed by atoms with Gasteiger partial charge >= 0.3 is 11.0 Å². The third-order valence-electron chi connectivity index (χ3n) is 10.1. The molecule has 14 heteroatoms. The van der Waals surface area contributed by atoms with Crippen molar-refractivity contribution < 1.29 is 37.0 Å². The molecule has 3 aliphatic heterocycles. The molecule has 2 aromatic carbocycles. The number of amides is 3. The smallest absolute Gasteiger partial charge is 0.418 e. The molecule has 0 unspecified atom stereocenters. The number of nitrogens with zero attached hydrogens (tertiary/aromatic N) is 2.